The Morgan fingerprint density at radius 3 is 2.44 bits per heavy atom. The summed E-state index contributed by atoms with van der Waals surface area (Å²) in [5.41, 5.74) is 3.63. The minimum absolute atomic E-state index is 0.0555. The maximum atomic E-state index is 12.7. The van der Waals surface area contributed by atoms with Crippen molar-refractivity contribution in [2.45, 2.75) is 31.7 Å². The van der Waals surface area contributed by atoms with Gasteiger partial charge in [0.05, 0.1) is 29.4 Å². The Hall–Kier alpha value is -2.75. The largest absolute Gasteiger partial charge is 0.260 e. The fourth-order valence-corrected chi connectivity index (χ4v) is 6.20. The highest BCUT2D eigenvalue weighted by molar-refractivity contribution is 7.92. The molecule has 0 bridgehead atoms. The summed E-state index contributed by atoms with van der Waals surface area (Å²) < 4.78 is 54.3. The van der Waals surface area contributed by atoms with Gasteiger partial charge < -0.3 is 0 Å². The smallest absolute Gasteiger partial charge is 0.234 e. The SMILES string of the molecule is C[C@H](NS(=O)(=O)C=Cc1c2c(nn1Cc1ccccc1)CCS(=O)(=O)C2)c1ccccc1. The molecular formula is C23H25N3O4S2. The number of nitrogens with zero attached hydrogens (tertiary/aromatic N) is 2. The second-order valence-corrected chi connectivity index (χ2v) is 11.7. The predicted molar refractivity (Wildman–Crippen MR) is 125 cm³/mol. The Bertz CT molecular complexity index is 1330. The van der Waals surface area contributed by atoms with Crippen LogP contribution in [0.4, 0.5) is 0 Å². The highest BCUT2D eigenvalue weighted by atomic mass is 32.2. The molecule has 0 fully saturated rings. The minimum atomic E-state index is -3.77. The Morgan fingerprint density at radius 2 is 1.75 bits per heavy atom. The van der Waals surface area contributed by atoms with Crippen LogP contribution in [0, 0.1) is 0 Å². The molecule has 32 heavy (non-hydrogen) atoms. The van der Waals surface area contributed by atoms with Crippen molar-refractivity contribution in [3.63, 3.8) is 0 Å². The van der Waals surface area contributed by atoms with Gasteiger partial charge in [-0.2, -0.15) is 5.10 Å². The molecule has 7 nitrogen and oxygen atoms in total. The van der Waals surface area contributed by atoms with Crippen LogP contribution in [0.1, 0.15) is 41.0 Å². The van der Waals surface area contributed by atoms with Crippen molar-refractivity contribution in [1.82, 2.24) is 14.5 Å². The zero-order chi connectivity index (χ0) is 22.8. The average molecular weight is 472 g/mol. The van der Waals surface area contributed by atoms with Crippen LogP contribution in [-0.2, 0) is 38.6 Å². The maximum Gasteiger partial charge on any atom is 0.234 e. The molecule has 4 rings (SSSR count). The van der Waals surface area contributed by atoms with E-state index in [1.165, 1.54) is 6.08 Å². The van der Waals surface area contributed by atoms with E-state index in [0.29, 0.717) is 29.9 Å². The summed E-state index contributed by atoms with van der Waals surface area (Å²) in [5, 5.41) is 5.70. The van der Waals surface area contributed by atoms with Crippen molar-refractivity contribution in [1.29, 1.82) is 0 Å². The number of aryl methyl sites for hydroxylation is 1. The number of hydrogen-bond donors (Lipinski definition) is 1. The van der Waals surface area contributed by atoms with Gasteiger partial charge in [0.1, 0.15) is 0 Å². The van der Waals surface area contributed by atoms with E-state index < -0.39 is 25.9 Å². The van der Waals surface area contributed by atoms with Gasteiger partial charge in [0.25, 0.3) is 0 Å². The van der Waals surface area contributed by atoms with E-state index in [0.717, 1.165) is 16.5 Å². The molecule has 0 saturated carbocycles. The summed E-state index contributed by atoms with van der Waals surface area (Å²) in [6.07, 6.45) is 1.78. The minimum Gasteiger partial charge on any atom is -0.260 e. The molecular weight excluding hydrogens is 446 g/mol. The molecule has 1 aliphatic heterocycles. The molecule has 1 aliphatic rings. The van der Waals surface area contributed by atoms with Gasteiger partial charge in [-0.3, -0.25) is 4.68 Å². The standard InChI is InChI=1S/C23H25N3O4S2/c1-18(20-10-6-3-7-11-20)25-32(29,30)15-13-23-21-17-31(27,28)14-12-22(21)24-26(23)16-19-8-4-2-5-9-19/h2-11,13,15,18,25H,12,14,16-17H2,1H3/t18-/m0/s1. The van der Waals surface area contributed by atoms with Crippen LogP contribution in [0.5, 0.6) is 0 Å². The molecule has 1 aromatic heterocycles. The molecule has 3 aromatic rings. The van der Waals surface area contributed by atoms with Crippen molar-refractivity contribution >= 4 is 25.9 Å². The van der Waals surface area contributed by atoms with Crippen LogP contribution in [0.2, 0.25) is 0 Å². The van der Waals surface area contributed by atoms with E-state index in [1.54, 1.807) is 11.6 Å². The number of rotatable bonds is 7. The third kappa shape index (κ3) is 5.35. The highest BCUT2D eigenvalue weighted by Crippen LogP contribution is 2.26. The Morgan fingerprint density at radius 1 is 1.09 bits per heavy atom. The molecule has 0 saturated heterocycles. The van der Waals surface area contributed by atoms with E-state index in [9.17, 15) is 16.8 Å². The summed E-state index contributed by atoms with van der Waals surface area (Å²) >= 11 is 0. The number of sulfone groups is 1. The van der Waals surface area contributed by atoms with Gasteiger partial charge in [0.2, 0.25) is 10.0 Å². The van der Waals surface area contributed by atoms with Crippen molar-refractivity contribution in [3.8, 4) is 0 Å². The van der Waals surface area contributed by atoms with Crippen LogP contribution in [0.25, 0.3) is 6.08 Å². The van der Waals surface area contributed by atoms with Crippen LogP contribution in [-0.4, -0.2) is 32.4 Å². The van der Waals surface area contributed by atoms with E-state index in [4.69, 9.17) is 0 Å². The van der Waals surface area contributed by atoms with Crippen LogP contribution >= 0.6 is 0 Å². The lowest BCUT2D eigenvalue weighted by Crippen LogP contribution is -2.24. The fourth-order valence-electron chi connectivity index (χ4n) is 3.78. The number of benzene rings is 2. The van der Waals surface area contributed by atoms with Gasteiger partial charge in [-0.25, -0.2) is 21.6 Å². The molecule has 0 amide bonds. The first-order chi connectivity index (χ1) is 15.2. The highest BCUT2D eigenvalue weighted by Gasteiger charge is 2.28. The van der Waals surface area contributed by atoms with E-state index in [-0.39, 0.29) is 11.5 Å². The molecule has 0 spiro atoms. The lowest BCUT2D eigenvalue weighted by molar-refractivity contribution is 0.576. The molecule has 2 heterocycles. The van der Waals surface area contributed by atoms with Crippen molar-refractivity contribution in [2.75, 3.05) is 5.75 Å². The van der Waals surface area contributed by atoms with Crippen LogP contribution in [0.15, 0.2) is 66.1 Å². The third-order valence-corrected chi connectivity index (χ3v) is 8.14. The van der Waals surface area contributed by atoms with Crippen molar-refractivity contribution < 1.29 is 16.8 Å². The quantitative estimate of drug-likeness (QED) is 0.571. The molecule has 1 N–H and O–H groups in total. The number of sulfonamides is 1. The van der Waals surface area contributed by atoms with Gasteiger partial charge in [-0.15, -0.1) is 0 Å². The summed E-state index contributed by atoms with van der Waals surface area (Å²) in [6.45, 7) is 2.19. The molecule has 2 aromatic carbocycles. The normalized spacial score (nSPS) is 16.7. The molecule has 0 radical (unpaired) electrons. The van der Waals surface area contributed by atoms with Crippen molar-refractivity contribution in [3.05, 3.63) is 94.1 Å². The summed E-state index contributed by atoms with van der Waals surface area (Å²) in [5.74, 6) is -0.0787. The Kier molecular flexibility index (Phi) is 6.32. The Balaban J connectivity index is 1.65. The number of fused-ring (bicyclic) bond motifs is 1. The second kappa shape index (κ2) is 9.01. The monoisotopic (exact) mass is 471 g/mol. The van der Waals surface area contributed by atoms with Crippen LogP contribution in [0.3, 0.4) is 0 Å². The summed E-state index contributed by atoms with van der Waals surface area (Å²) in [4.78, 5) is 0. The van der Waals surface area contributed by atoms with E-state index in [2.05, 4.69) is 9.82 Å². The van der Waals surface area contributed by atoms with E-state index in [1.807, 2.05) is 60.7 Å². The second-order valence-electron chi connectivity index (χ2n) is 7.89. The van der Waals surface area contributed by atoms with Gasteiger partial charge in [0, 0.05) is 23.4 Å². The zero-order valence-electron chi connectivity index (χ0n) is 17.7. The molecule has 0 unspecified atom stereocenters. The number of aromatic nitrogens is 2. The molecule has 0 aliphatic carbocycles. The lowest BCUT2D eigenvalue weighted by Gasteiger charge is -2.13. The van der Waals surface area contributed by atoms with Gasteiger partial charge in [-0.05, 0) is 24.1 Å². The zero-order valence-corrected chi connectivity index (χ0v) is 19.3. The first kappa shape index (κ1) is 22.4. The number of hydrogen-bond acceptors (Lipinski definition) is 5. The van der Waals surface area contributed by atoms with Gasteiger partial charge in [-0.1, -0.05) is 60.7 Å². The molecule has 9 heteroatoms. The topological polar surface area (TPSA) is 98.1 Å². The van der Waals surface area contributed by atoms with Gasteiger partial charge in [0.15, 0.2) is 9.84 Å². The first-order valence-corrected chi connectivity index (χ1v) is 13.7. The molecule has 1 atom stereocenters. The first-order valence-electron chi connectivity index (χ1n) is 10.3. The Labute approximate surface area is 188 Å². The van der Waals surface area contributed by atoms with Crippen molar-refractivity contribution in [2.24, 2.45) is 0 Å². The third-order valence-electron chi connectivity index (χ3n) is 5.41. The molecule has 168 valence electrons. The number of nitrogens with one attached hydrogen (secondary N) is 1. The van der Waals surface area contributed by atoms with Gasteiger partial charge >= 0.3 is 0 Å². The van der Waals surface area contributed by atoms with Crippen LogP contribution < -0.4 is 4.72 Å². The predicted octanol–water partition coefficient (Wildman–Crippen LogP) is 3.05. The average Bonchev–Trinajstić information content (AvgIpc) is 3.08. The fraction of sp³-hybridized carbons (Fsp3) is 0.261. The lowest BCUT2D eigenvalue weighted by atomic mass is 10.1. The summed E-state index contributed by atoms with van der Waals surface area (Å²) in [7, 11) is -7.01. The summed E-state index contributed by atoms with van der Waals surface area (Å²) in [6, 6.07) is 18.5. The maximum absolute atomic E-state index is 12.7. The van der Waals surface area contributed by atoms with E-state index >= 15 is 0 Å².